The van der Waals surface area contributed by atoms with Gasteiger partial charge in [0.25, 0.3) is 0 Å². The van der Waals surface area contributed by atoms with E-state index >= 15 is 0 Å². The van der Waals surface area contributed by atoms with Gasteiger partial charge in [-0.15, -0.1) is 0 Å². The van der Waals surface area contributed by atoms with E-state index in [1.807, 2.05) is 0 Å². The van der Waals surface area contributed by atoms with Crippen LogP contribution in [0.5, 0.6) is 0 Å². The lowest BCUT2D eigenvalue weighted by Gasteiger charge is -2.17. The van der Waals surface area contributed by atoms with Gasteiger partial charge in [0, 0.05) is 0 Å². The van der Waals surface area contributed by atoms with Gasteiger partial charge in [-0.05, 0) is 22.3 Å². The second-order valence-corrected chi connectivity index (χ2v) is 5.58. The van der Waals surface area contributed by atoms with Gasteiger partial charge in [0.2, 0.25) is 0 Å². The van der Waals surface area contributed by atoms with E-state index in [4.69, 9.17) is 5.26 Å². The zero-order chi connectivity index (χ0) is 18.7. The van der Waals surface area contributed by atoms with Crippen LogP contribution in [0, 0.1) is 0 Å². The zero-order valence-corrected chi connectivity index (χ0v) is 12.9. The minimum absolute atomic E-state index is 0.362. The van der Waals surface area contributed by atoms with E-state index in [1.54, 1.807) is 48.5 Å². The third kappa shape index (κ3) is 4.88. The number of hydrogen-bond acceptors (Lipinski definition) is 4. The monoisotopic (exact) mass is 383 g/mol. The van der Waals surface area contributed by atoms with E-state index < -0.39 is 29.6 Å². The topological polar surface area (TPSA) is 41.5 Å². The van der Waals surface area contributed by atoms with Crippen LogP contribution >= 0.6 is 12.0 Å². The van der Waals surface area contributed by atoms with Crippen LogP contribution in [0.3, 0.4) is 0 Å². The summed E-state index contributed by atoms with van der Waals surface area (Å²) < 4.78 is 74.9. The number of hydrogen-bond donors (Lipinski definition) is 0. The first-order valence-corrected chi connectivity index (χ1v) is 7.35. The summed E-state index contributed by atoms with van der Waals surface area (Å²) in [5.41, 5.74) is -2.46. The highest BCUT2D eigenvalue weighted by Gasteiger charge is 2.46. The number of alkyl halides is 6. The Balaban J connectivity index is 0.000000242. The van der Waals surface area contributed by atoms with E-state index in [-0.39, 0.29) is 0 Å². The molecule has 1 aliphatic carbocycles. The molecule has 0 saturated carbocycles. The molecule has 1 aliphatic rings. The number of halogens is 6. The number of rotatable bonds is 2. The van der Waals surface area contributed by atoms with Crippen molar-refractivity contribution in [3.63, 3.8) is 0 Å². The van der Waals surface area contributed by atoms with E-state index in [2.05, 4.69) is 9.37 Å². The fourth-order valence-corrected chi connectivity index (χ4v) is 2.67. The number of benzene rings is 2. The van der Waals surface area contributed by atoms with Crippen molar-refractivity contribution >= 4 is 12.0 Å². The fourth-order valence-electron chi connectivity index (χ4n) is 2.56. The normalized spacial score (nSPS) is 13.7. The standard InChI is InChI=1S/C14H9F3.CHF3O3S/c15-14(16,17)13-11-7-3-1-5-9(11)10-6-2-4-8-12(10)13;2-1(3,4)8-7-6-5/h1-8,13H;5H/p-1. The summed E-state index contributed by atoms with van der Waals surface area (Å²) in [7, 11) is 0. The van der Waals surface area contributed by atoms with Crippen molar-refractivity contribution in [2.45, 2.75) is 17.6 Å². The van der Waals surface area contributed by atoms with E-state index in [0.717, 1.165) is 0 Å². The van der Waals surface area contributed by atoms with Crippen molar-refractivity contribution in [2.75, 3.05) is 0 Å². The lowest BCUT2D eigenvalue weighted by molar-refractivity contribution is -0.777. The Hall–Kier alpha value is -1.75. The van der Waals surface area contributed by atoms with Gasteiger partial charge in [-0.1, -0.05) is 48.5 Å². The Kier molecular flexibility index (Phi) is 5.99. The summed E-state index contributed by atoms with van der Waals surface area (Å²) in [5, 5.41) is 11.1. The average Bonchev–Trinajstić information content (AvgIpc) is 2.87. The first kappa shape index (κ1) is 19.6. The molecule has 0 saturated heterocycles. The van der Waals surface area contributed by atoms with Crippen LogP contribution in [-0.2, 0) is 9.37 Å². The minimum atomic E-state index is -4.58. The molecule has 0 atom stereocenters. The molecule has 0 radical (unpaired) electrons. The molecular formula is C15H9F6O3S-. The summed E-state index contributed by atoms with van der Waals surface area (Å²) in [6.45, 7) is 0. The molecule has 25 heavy (non-hydrogen) atoms. The van der Waals surface area contributed by atoms with Gasteiger partial charge >= 0.3 is 11.7 Å². The van der Waals surface area contributed by atoms with E-state index in [0.29, 0.717) is 22.3 Å². The summed E-state index contributed by atoms with van der Waals surface area (Å²) in [4.78, 5) is 0. The minimum Gasteiger partial charge on any atom is -0.691 e. The molecule has 3 nitrogen and oxygen atoms in total. The first-order valence-electron chi connectivity index (χ1n) is 6.61. The van der Waals surface area contributed by atoms with Gasteiger partial charge in [0.15, 0.2) is 0 Å². The van der Waals surface area contributed by atoms with Crippen LogP contribution in [0.25, 0.3) is 11.1 Å². The maximum atomic E-state index is 13.1. The highest BCUT2D eigenvalue weighted by molar-refractivity contribution is 7.95. The van der Waals surface area contributed by atoms with Crippen LogP contribution in [0.4, 0.5) is 26.3 Å². The summed E-state index contributed by atoms with van der Waals surface area (Å²) >= 11 is -1.00. The smallest absolute Gasteiger partial charge is 0.470 e. The quantitative estimate of drug-likeness (QED) is 0.325. The largest absolute Gasteiger partial charge is 0.691 e. The summed E-state index contributed by atoms with van der Waals surface area (Å²) in [6.07, 6.45) is -4.23. The third-order valence-corrected chi connectivity index (χ3v) is 3.63. The molecule has 0 fully saturated rings. The van der Waals surface area contributed by atoms with Gasteiger partial charge in [-0.25, -0.2) is 0 Å². The predicted molar refractivity (Wildman–Crippen MR) is 75.6 cm³/mol. The molecular weight excluding hydrogens is 374 g/mol. The van der Waals surface area contributed by atoms with Crippen LogP contribution in [0.2, 0.25) is 0 Å². The van der Waals surface area contributed by atoms with Crippen LogP contribution in [0.1, 0.15) is 17.0 Å². The molecule has 3 rings (SSSR count). The molecule has 0 aromatic heterocycles. The molecule has 10 heteroatoms. The van der Waals surface area contributed by atoms with Crippen LogP contribution in [-0.4, -0.2) is 11.7 Å². The molecule has 0 bridgehead atoms. The second-order valence-electron chi connectivity index (χ2n) is 4.81. The zero-order valence-electron chi connectivity index (χ0n) is 12.1. The second kappa shape index (κ2) is 7.65. The molecule has 0 N–H and O–H groups in total. The fraction of sp³-hybridized carbons (Fsp3) is 0.200. The molecule has 0 aliphatic heterocycles. The molecule has 2 aromatic carbocycles. The lowest BCUT2D eigenvalue weighted by Crippen LogP contribution is -2.19. The molecule has 136 valence electrons. The van der Waals surface area contributed by atoms with Crippen LogP contribution in [0.15, 0.2) is 48.5 Å². The Morgan fingerprint density at radius 1 is 0.800 bits per heavy atom. The summed E-state index contributed by atoms with van der Waals surface area (Å²) in [6, 6.07) is 13.5. The van der Waals surface area contributed by atoms with Crippen LogP contribution < -0.4 is 5.26 Å². The van der Waals surface area contributed by atoms with Crippen molar-refractivity contribution in [3.8, 4) is 11.1 Å². The Morgan fingerprint density at radius 2 is 1.24 bits per heavy atom. The average molecular weight is 383 g/mol. The van der Waals surface area contributed by atoms with E-state index in [1.165, 1.54) is 0 Å². The molecule has 0 heterocycles. The highest BCUT2D eigenvalue weighted by atomic mass is 32.2. The molecule has 0 spiro atoms. The van der Waals surface area contributed by atoms with Gasteiger partial charge in [0.1, 0.15) is 18.0 Å². The Labute approximate surface area is 142 Å². The van der Waals surface area contributed by atoms with Crippen molar-refractivity contribution < 1.29 is 41.0 Å². The van der Waals surface area contributed by atoms with Gasteiger partial charge < -0.3 is 5.26 Å². The third-order valence-electron chi connectivity index (χ3n) is 3.32. The van der Waals surface area contributed by atoms with Gasteiger partial charge in [-0.3, -0.25) is 5.04 Å². The SMILES string of the molecule is FC(F)(F)C1c2ccccc2-c2ccccc21.[O-]OOSC(F)(F)F. The maximum absolute atomic E-state index is 13.1. The highest BCUT2D eigenvalue weighted by Crippen LogP contribution is 2.51. The predicted octanol–water partition coefficient (Wildman–Crippen LogP) is 4.74. The molecule has 0 unspecified atom stereocenters. The maximum Gasteiger partial charge on any atom is 0.470 e. The van der Waals surface area contributed by atoms with Crippen molar-refractivity contribution in [1.29, 1.82) is 0 Å². The summed E-state index contributed by atoms with van der Waals surface area (Å²) in [5.74, 6) is -1.48. The Bertz CT molecular complexity index is 671. The van der Waals surface area contributed by atoms with Crippen molar-refractivity contribution in [1.82, 2.24) is 0 Å². The van der Waals surface area contributed by atoms with E-state index in [9.17, 15) is 26.3 Å². The van der Waals surface area contributed by atoms with Gasteiger partial charge in [-0.2, -0.15) is 30.7 Å². The van der Waals surface area contributed by atoms with Gasteiger partial charge in [0.05, 0.1) is 0 Å². The first-order chi connectivity index (χ1) is 11.6. The Morgan fingerprint density at radius 3 is 1.56 bits per heavy atom. The molecule has 2 aromatic rings. The molecule has 0 amide bonds. The lowest BCUT2D eigenvalue weighted by atomic mass is 9.97. The van der Waals surface area contributed by atoms with Crippen molar-refractivity contribution in [2.24, 2.45) is 0 Å². The number of fused-ring (bicyclic) bond motifs is 3. The van der Waals surface area contributed by atoms with Crippen molar-refractivity contribution in [3.05, 3.63) is 59.7 Å².